The summed E-state index contributed by atoms with van der Waals surface area (Å²) in [4.78, 5) is 2.15. The van der Waals surface area contributed by atoms with E-state index in [4.69, 9.17) is 21.7 Å². The number of hydrogen-bond acceptors (Lipinski definition) is 5. The molecule has 0 bridgehead atoms. The van der Waals surface area contributed by atoms with Crippen LogP contribution in [0.3, 0.4) is 0 Å². The Morgan fingerprint density at radius 3 is 2.26 bits per heavy atom. The first-order valence-electron chi connectivity index (χ1n) is 7.13. The zero-order valence-electron chi connectivity index (χ0n) is 13.4. The zero-order chi connectivity index (χ0) is 17.0. The Hall–Kier alpha value is -1.58. The molecule has 23 heavy (non-hydrogen) atoms. The van der Waals surface area contributed by atoms with E-state index in [1.54, 1.807) is 13.1 Å². The Balaban J connectivity index is 2.18. The fourth-order valence-corrected chi connectivity index (χ4v) is 4.04. The molecule has 1 N–H and O–H groups in total. The van der Waals surface area contributed by atoms with Gasteiger partial charge in [0.2, 0.25) is 10.0 Å². The van der Waals surface area contributed by atoms with E-state index in [-0.39, 0.29) is 4.90 Å². The lowest BCUT2D eigenvalue weighted by molar-refractivity contribution is 0.265. The normalized spacial score (nSPS) is 16.0. The minimum atomic E-state index is -3.57. The van der Waals surface area contributed by atoms with Gasteiger partial charge in [0, 0.05) is 39.3 Å². The molecule has 0 atom stereocenters. The van der Waals surface area contributed by atoms with E-state index in [0.29, 0.717) is 42.8 Å². The second-order valence-corrected chi connectivity index (χ2v) is 7.29. The van der Waals surface area contributed by atoms with Crippen LogP contribution in [0.15, 0.2) is 23.1 Å². The number of sulfonamides is 1. The highest BCUT2D eigenvalue weighted by atomic mass is 32.2. The summed E-state index contributed by atoms with van der Waals surface area (Å²) in [5, 5.41) is 3.54. The summed E-state index contributed by atoms with van der Waals surface area (Å²) in [5.41, 5.74) is 0. The quantitative estimate of drug-likeness (QED) is 0.786. The summed E-state index contributed by atoms with van der Waals surface area (Å²) in [6, 6.07) is 4.61. The molecule has 1 heterocycles. The monoisotopic (exact) mass is 359 g/mol. The van der Waals surface area contributed by atoms with Crippen molar-refractivity contribution in [1.82, 2.24) is 14.5 Å². The van der Waals surface area contributed by atoms with Crippen LogP contribution in [0.2, 0.25) is 0 Å². The third kappa shape index (κ3) is 3.67. The lowest BCUT2D eigenvalue weighted by atomic mass is 10.3. The van der Waals surface area contributed by atoms with Crippen molar-refractivity contribution < 1.29 is 17.9 Å². The standard InChI is InChI=1S/C14H21N3O4S2/c1-15-14(22)16-6-8-17(9-7-16)23(18,19)11-4-5-12(20-2)13(10-11)21-3/h4-5,10H,6-9H2,1-3H3,(H,15,22). The number of hydrogen-bond donors (Lipinski definition) is 1. The molecule has 0 unspecified atom stereocenters. The maximum Gasteiger partial charge on any atom is 0.243 e. The highest BCUT2D eigenvalue weighted by Gasteiger charge is 2.29. The van der Waals surface area contributed by atoms with Gasteiger partial charge in [-0.25, -0.2) is 8.42 Å². The largest absolute Gasteiger partial charge is 0.493 e. The van der Waals surface area contributed by atoms with Crippen LogP contribution in [-0.4, -0.2) is 70.2 Å². The molecule has 1 aliphatic heterocycles. The molecule has 9 heteroatoms. The predicted molar refractivity (Wildman–Crippen MR) is 91.5 cm³/mol. The molecular formula is C14H21N3O4S2. The van der Waals surface area contributed by atoms with E-state index < -0.39 is 10.0 Å². The van der Waals surface area contributed by atoms with Crippen molar-refractivity contribution in [3.05, 3.63) is 18.2 Å². The Morgan fingerprint density at radius 1 is 1.13 bits per heavy atom. The van der Waals surface area contributed by atoms with Crippen molar-refractivity contribution >= 4 is 27.4 Å². The van der Waals surface area contributed by atoms with Gasteiger partial charge in [-0.2, -0.15) is 4.31 Å². The minimum Gasteiger partial charge on any atom is -0.493 e. The third-order valence-corrected chi connectivity index (χ3v) is 6.09. The van der Waals surface area contributed by atoms with Crippen LogP contribution in [0.5, 0.6) is 11.5 Å². The smallest absolute Gasteiger partial charge is 0.243 e. The molecule has 1 saturated heterocycles. The molecular weight excluding hydrogens is 338 g/mol. The van der Waals surface area contributed by atoms with Crippen molar-refractivity contribution in [2.45, 2.75) is 4.90 Å². The van der Waals surface area contributed by atoms with Crippen molar-refractivity contribution in [2.75, 3.05) is 47.4 Å². The summed E-state index contributed by atoms with van der Waals surface area (Å²) in [6.07, 6.45) is 0. The van der Waals surface area contributed by atoms with E-state index in [1.165, 1.54) is 30.7 Å². The summed E-state index contributed by atoms with van der Waals surface area (Å²) in [5.74, 6) is 0.888. The average Bonchev–Trinajstić information content (AvgIpc) is 2.60. The van der Waals surface area contributed by atoms with Crippen LogP contribution in [-0.2, 0) is 10.0 Å². The molecule has 1 aromatic carbocycles. The number of rotatable bonds is 4. The highest BCUT2D eigenvalue weighted by Crippen LogP contribution is 2.30. The molecule has 2 rings (SSSR count). The predicted octanol–water partition coefficient (Wildman–Crippen LogP) is 0.514. The Kier molecular flexibility index (Phi) is 5.66. The van der Waals surface area contributed by atoms with Gasteiger partial charge < -0.3 is 19.7 Å². The van der Waals surface area contributed by atoms with Gasteiger partial charge >= 0.3 is 0 Å². The molecule has 0 aliphatic carbocycles. The first kappa shape index (κ1) is 17.8. The Morgan fingerprint density at radius 2 is 1.74 bits per heavy atom. The Bertz CT molecular complexity index is 671. The lowest BCUT2D eigenvalue weighted by Gasteiger charge is -2.35. The average molecular weight is 359 g/mol. The SMILES string of the molecule is CNC(=S)N1CCN(S(=O)(=O)c2ccc(OC)c(OC)c2)CC1. The zero-order valence-corrected chi connectivity index (χ0v) is 15.0. The van der Waals surface area contributed by atoms with Crippen LogP contribution in [0.25, 0.3) is 0 Å². The first-order chi connectivity index (χ1) is 10.9. The minimum absolute atomic E-state index is 0.194. The fourth-order valence-electron chi connectivity index (χ4n) is 2.42. The number of piperazine rings is 1. The molecule has 1 aromatic rings. The molecule has 0 saturated carbocycles. The third-order valence-electron chi connectivity index (χ3n) is 3.73. The van der Waals surface area contributed by atoms with Gasteiger partial charge in [-0.3, -0.25) is 0 Å². The summed E-state index contributed by atoms with van der Waals surface area (Å²) in [6.45, 7) is 1.90. The molecule has 0 amide bonds. The van der Waals surface area contributed by atoms with Crippen molar-refractivity contribution in [1.29, 1.82) is 0 Å². The number of thiocarbonyl (C=S) groups is 1. The molecule has 0 aromatic heterocycles. The highest BCUT2D eigenvalue weighted by molar-refractivity contribution is 7.89. The molecule has 0 radical (unpaired) electrons. The maximum absolute atomic E-state index is 12.8. The van der Waals surface area contributed by atoms with E-state index in [9.17, 15) is 8.42 Å². The van der Waals surface area contributed by atoms with Crippen LogP contribution >= 0.6 is 12.2 Å². The van der Waals surface area contributed by atoms with Crippen molar-refractivity contribution in [3.63, 3.8) is 0 Å². The second kappa shape index (κ2) is 7.33. The van der Waals surface area contributed by atoms with Crippen molar-refractivity contribution in [2.24, 2.45) is 0 Å². The van der Waals surface area contributed by atoms with Gasteiger partial charge in [-0.05, 0) is 24.4 Å². The molecule has 0 spiro atoms. The molecule has 1 aliphatic rings. The van der Waals surface area contributed by atoms with E-state index in [1.807, 2.05) is 4.90 Å². The summed E-state index contributed by atoms with van der Waals surface area (Å²) in [7, 11) is 1.18. The maximum atomic E-state index is 12.8. The van der Waals surface area contributed by atoms with Gasteiger partial charge in [0.05, 0.1) is 19.1 Å². The fraction of sp³-hybridized carbons (Fsp3) is 0.500. The summed E-state index contributed by atoms with van der Waals surface area (Å²) < 4.78 is 37.3. The number of methoxy groups -OCH3 is 2. The van der Waals surface area contributed by atoms with Gasteiger partial charge in [-0.15, -0.1) is 0 Å². The molecule has 128 valence electrons. The number of benzene rings is 1. The number of ether oxygens (including phenoxy) is 2. The van der Waals surface area contributed by atoms with Crippen LogP contribution in [0, 0.1) is 0 Å². The Labute approximate surface area is 142 Å². The van der Waals surface area contributed by atoms with Gasteiger partial charge in [0.25, 0.3) is 0 Å². The summed E-state index contributed by atoms with van der Waals surface area (Å²) >= 11 is 5.18. The van der Waals surface area contributed by atoms with Crippen LogP contribution in [0.1, 0.15) is 0 Å². The van der Waals surface area contributed by atoms with E-state index in [2.05, 4.69) is 5.32 Å². The second-order valence-electron chi connectivity index (χ2n) is 4.96. The number of nitrogens with one attached hydrogen (secondary N) is 1. The molecule has 1 fully saturated rings. The van der Waals surface area contributed by atoms with Crippen LogP contribution < -0.4 is 14.8 Å². The molecule has 7 nitrogen and oxygen atoms in total. The van der Waals surface area contributed by atoms with Crippen molar-refractivity contribution in [3.8, 4) is 11.5 Å². The number of nitrogens with zero attached hydrogens (tertiary/aromatic N) is 2. The van der Waals surface area contributed by atoms with Gasteiger partial charge in [0.1, 0.15) is 0 Å². The van der Waals surface area contributed by atoms with Gasteiger partial charge in [0.15, 0.2) is 16.6 Å². The van der Waals surface area contributed by atoms with Gasteiger partial charge in [-0.1, -0.05) is 0 Å². The lowest BCUT2D eigenvalue weighted by Crippen LogP contribution is -2.52. The first-order valence-corrected chi connectivity index (χ1v) is 8.97. The van der Waals surface area contributed by atoms with E-state index >= 15 is 0 Å². The van der Waals surface area contributed by atoms with E-state index in [0.717, 1.165) is 0 Å². The topological polar surface area (TPSA) is 71.1 Å². The van der Waals surface area contributed by atoms with Crippen LogP contribution in [0.4, 0.5) is 0 Å².